The van der Waals surface area contributed by atoms with Crippen molar-refractivity contribution in [1.29, 1.82) is 0 Å². The number of rotatable bonds is 3. The Hall–Kier alpha value is -0.590. The van der Waals surface area contributed by atoms with E-state index in [4.69, 9.17) is 10.5 Å². The molecular weight excluding hydrogens is 429 g/mol. The summed E-state index contributed by atoms with van der Waals surface area (Å²) in [5.74, 6) is 1.04. The van der Waals surface area contributed by atoms with Crippen molar-refractivity contribution < 1.29 is 4.74 Å². The van der Waals surface area contributed by atoms with E-state index in [9.17, 15) is 0 Å². The van der Waals surface area contributed by atoms with Crippen LogP contribution in [0.25, 0.3) is 0 Å². The van der Waals surface area contributed by atoms with Crippen LogP contribution in [0.5, 0.6) is 5.75 Å². The first-order valence-corrected chi connectivity index (χ1v) is 8.46. The largest absolute Gasteiger partial charge is 0.493 e. The summed E-state index contributed by atoms with van der Waals surface area (Å²) in [6.07, 6.45) is 1.78. The molecular formula is C16H15BrINO. The summed E-state index contributed by atoms with van der Waals surface area (Å²) in [4.78, 5) is 0. The zero-order valence-electron chi connectivity index (χ0n) is 10.9. The summed E-state index contributed by atoms with van der Waals surface area (Å²) in [6.45, 7) is 0.775. The van der Waals surface area contributed by atoms with E-state index in [1.54, 1.807) is 0 Å². The van der Waals surface area contributed by atoms with Crippen LogP contribution >= 0.6 is 38.5 Å². The lowest BCUT2D eigenvalue weighted by Crippen LogP contribution is -2.15. The Balaban J connectivity index is 1.90. The van der Waals surface area contributed by atoms with E-state index in [1.807, 2.05) is 12.1 Å². The standard InChI is InChI=1S/C16H15BrINO/c17-12-7-10-5-6-20-16(10)11(8-12)9-15(19)13-3-1-2-4-14(13)18/h1-4,7-8,15H,5-6,9,19H2. The number of hydrogen-bond acceptors (Lipinski definition) is 2. The average molecular weight is 444 g/mol. The maximum Gasteiger partial charge on any atom is 0.125 e. The number of halogens is 2. The Kier molecular flexibility index (Phi) is 4.33. The van der Waals surface area contributed by atoms with Crippen molar-refractivity contribution >= 4 is 38.5 Å². The van der Waals surface area contributed by atoms with Gasteiger partial charge in [-0.1, -0.05) is 34.1 Å². The molecule has 2 nitrogen and oxygen atoms in total. The predicted octanol–water partition coefficient (Wildman–Crippen LogP) is 4.23. The van der Waals surface area contributed by atoms with Gasteiger partial charge in [-0.15, -0.1) is 0 Å². The van der Waals surface area contributed by atoms with Crippen molar-refractivity contribution in [2.45, 2.75) is 18.9 Å². The van der Waals surface area contributed by atoms with Crippen molar-refractivity contribution in [3.05, 3.63) is 61.1 Å². The molecule has 0 amide bonds. The monoisotopic (exact) mass is 443 g/mol. The van der Waals surface area contributed by atoms with Gasteiger partial charge in [0.2, 0.25) is 0 Å². The van der Waals surface area contributed by atoms with E-state index < -0.39 is 0 Å². The minimum Gasteiger partial charge on any atom is -0.493 e. The summed E-state index contributed by atoms with van der Waals surface area (Å²) in [7, 11) is 0. The molecule has 0 aromatic heterocycles. The van der Waals surface area contributed by atoms with Crippen LogP contribution in [0.15, 0.2) is 40.9 Å². The molecule has 0 bridgehead atoms. The summed E-state index contributed by atoms with van der Waals surface area (Å²) in [6, 6.07) is 12.5. The first kappa shape index (κ1) is 14.4. The molecule has 0 saturated carbocycles. The Morgan fingerprint density at radius 3 is 2.90 bits per heavy atom. The smallest absolute Gasteiger partial charge is 0.125 e. The van der Waals surface area contributed by atoms with E-state index in [-0.39, 0.29) is 6.04 Å². The molecule has 2 aromatic carbocycles. The Bertz CT molecular complexity index is 644. The molecule has 0 saturated heterocycles. The van der Waals surface area contributed by atoms with E-state index in [1.165, 1.54) is 20.3 Å². The molecule has 2 aromatic rings. The van der Waals surface area contributed by atoms with Gasteiger partial charge in [0, 0.05) is 20.5 Å². The number of ether oxygens (including phenoxy) is 1. The number of fused-ring (bicyclic) bond motifs is 1. The van der Waals surface area contributed by atoms with Crippen LogP contribution in [-0.2, 0) is 12.8 Å². The van der Waals surface area contributed by atoms with E-state index in [2.05, 4.69) is 62.8 Å². The Morgan fingerprint density at radius 1 is 1.30 bits per heavy atom. The van der Waals surface area contributed by atoms with Crippen LogP contribution in [0.4, 0.5) is 0 Å². The van der Waals surface area contributed by atoms with E-state index >= 15 is 0 Å². The molecule has 104 valence electrons. The van der Waals surface area contributed by atoms with Gasteiger partial charge in [0.1, 0.15) is 5.75 Å². The second kappa shape index (κ2) is 6.03. The van der Waals surface area contributed by atoms with Crippen molar-refractivity contribution in [3.8, 4) is 5.75 Å². The molecule has 3 rings (SSSR count). The number of benzene rings is 2. The van der Waals surface area contributed by atoms with Crippen LogP contribution in [-0.4, -0.2) is 6.61 Å². The molecule has 4 heteroatoms. The van der Waals surface area contributed by atoms with Crippen LogP contribution in [0, 0.1) is 3.57 Å². The summed E-state index contributed by atoms with van der Waals surface area (Å²) < 4.78 is 8.09. The van der Waals surface area contributed by atoms with Crippen LogP contribution < -0.4 is 10.5 Å². The highest BCUT2D eigenvalue weighted by molar-refractivity contribution is 14.1. The lowest BCUT2D eigenvalue weighted by atomic mass is 9.97. The van der Waals surface area contributed by atoms with Crippen molar-refractivity contribution in [2.75, 3.05) is 6.61 Å². The quantitative estimate of drug-likeness (QED) is 0.720. The molecule has 0 radical (unpaired) electrons. The molecule has 1 atom stereocenters. The van der Waals surface area contributed by atoms with Gasteiger partial charge in [0.05, 0.1) is 6.61 Å². The lowest BCUT2D eigenvalue weighted by Gasteiger charge is -2.16. The third kappa shape index (κ3) is 2.87. The summed E-state index contributed by atoms with van der Waals surface area (Å²) in [5.41, 5.74) is 10.1. The van der Waals surface area contributed by atoms with Crippen molar-refractivity contribution in [1.82, 2.24) is 0 Å². The second-order valence-corrected chi connectivity index (χ2v) is 7.06. The molecule has 2 N–H and O–H groups in total. The number of nitrogens with two attached hydrogens (primary N) is 1. The highest BCUT2D eigenvalue weighted by Gasteiger charge is 2.20. The summed E-state index contributed by atoms with van der Waals surface area (Å²) in [5, 5.41) is 0. The first-order valence-electron chi connectivity index (χ1n) is 6.59. The van der Waals surface area contributed by atoms with Gasteiger partial charge in [0.25, 0.3) is 0 Å². The molecule has 1 heterocycles. The Labute approximate surface area is 141 Å². The molecule has 0 spiro atoms. The zero-order valence-corrected chi connectivity index (χ0v) is 14.6. The zero-order chi connectivity index (χ0) is 14.1. The molecule has 0 fully saturated rings. The van der Waals surface area contributed by atoms with Gasteiger partial charge in [-0.3, -0.25) is 0 Å². The molecule has 20 heavy (non-hydrogen) atoms. The molecule has 1 aliphatic heterocycles. The van der Waals surface area contributed by atoms with Gasteiger partial charge >= 0.3 is 0 Å². The normalized spacial score (nSPS) is 14.8. The van der Waals surface area contributed by atoms with Gasteiger partial charge in [-0.2, -0.15) is 0 Å². The minimum atomic E-state index is -0.00861. The van der Waals surface area contributed by atoms with E-state index in [0.29, 0.717) is 0 Å². The molecule has 1 unspecified atom stereocenters. The van der Waals surface area contributed by atoms with Gasteiger partial charge in [-0.05, 0) is 63.9 Å². The second-order valence-electron chi connectivity index (χ2n) is 4.98. The van der Waals surface area contributed by atoms with Gasteiger partial charge in [0.15, 0.2) is 0 Å². The van der Waals surface area contributed by atoms with Gasteiger partial charge < -0.3 is 10.5 Å². The highest BCUT2D eigenvalue weighted by atomic mass is 127. The highest BCUT2D eigenvalue weighted by Crippen LogP contribution is 2.35. The number of hydrogen-bond donors (Lipinski definition) is 1. The minimum absolute atomic E-state index is 0.00861. The molecule has 0 aliphatic carbocycles. The SMILES string of the molecule is NC(Cc1cc(Br)cc2c1OCC2)c1ccccc1I. The van der Waals surface area contributed by atoms with Crippen molar-refractivity contribution in [3.63, 3.8) is 0 Å². The summed E-state index contributed by atoms with van der Waals surface area (Å²) >= 11 is 5.92. The fourth-order valence-corrected chi connectivity index (χ4v) is 3.96. The fourth-order valence-electron chi connectivity index (χ4n) is 2.62. The maximum absolute atomic E-state index is 6.40. The van der Waals surface area contributed by atoms with Crippen LogP contribution in [0.3, 0.4) is 0 Å². The Morgan fingerprint density at radius 2 is 2.10 bits per heavy atom. The fraction of sp³-hybridized carbons (Fsp3) is 0.250. The van der Waals surface area contributed by atoms with E-state index in [0.717, 1.165) is 29.7 Å². The predicted molar refractivity (Wildman–Crippen MR) is 93.1 cm³/mol. The average Bonchev–Trinajstić information content (AvgIpc) is 2.87. The van der Waals surface area contributed by atoms with Crippen molar-refractivity contribution in [2.24, 2.45) is 5.73 Å². The molecule has 1 aliphatic rings. The van der Waals surface area contributed by atoms with Crippen LogP contribution in [0.1, 0.15) is 22.7 Å². The topological polar surface area (TPSA) is 35.2 Å². The third-order valence-corrected chi connectivity index (χ3v) is 5.01. The van der Waals surface area contributed by atoms with Gasteiger partial charge in [-0.25, -0.2) is 0 Å². The maximum atomic E-state index is 6.40. The third-order valence-electron chi connectivity index (χ3n) is 3.57. The van der Waals surface area contributed by atoms with Crippen LogP contribution in [0.2, 0.25) is 0 Å². The lowest BCUT2D eigenvalue weighted by molar-refractivity contribution is 0.352. The first-order chi connectivity index (χ1) is 9.65.